The van der Waals surface area contributed by atoms with Crippen LogP contribution in [0.5, 0.6) is 0 Å². The Morgan fingerprint density at radius 3 is 2.68 bits per heavy atom. The number of anilines is 1. The molecule has 1 aliphatic carbocycles. The molecule has 0 amide bonds. The quantitative estimate of drug-likeness (QED) is 0.884. The lowest BCUT2D eigenvalue weighted by Crippen LogP contribution is -2.57. The van der Waals surface area contributed by atoms with Crippen molar-refractivity contribution < 1.29 is 14.3 Å². The van der Waals surface area contributed by atoms with E-state index in [-0.39, 0.29) is 23.0 Å². The molecular formula is C18H20FN3O3. The van der Waals surface area contributed by atoms with Gasteiger partial charge in [0.2, 0.25) is 5.43 Å². The number of halogens is 1. The highest BCUT2D eigenvalue weighted by atomic mass is 19.1. The van der Waals surface area contributed by atoms with Gasteiger partial charge in [-0.25, -0.2) is 9.18 Å². The first-order valence-electron chi connectivity index (χ1n) is 8.50. The number of aromatic carboxylic acids is 1. The molecule has 0 bridgehead atoms. The topological polar surface area (TPSA) is 88.6 Å². The third-order valence-corrected chi connectivity index (χ3v) is 5.49. The Kier molecular flexibility index (Phi) is 3.57. The Hall–Kier alpha value is -2.41. The molecule has 0 spiro atoms. The number of aromatic nitrogens is 1. The molecule has 1 aromatic heterocycles. The van der Waals surface area contributed by atoms with Crippen LogP contribution in [0.2, 0.25) is 0 Å². The average Bonchev–Trinajstić information content (AvgIpc) is 3.40. The van der Waals surface area contributed by atoms with E-state index in [2.05, 4.69) is 0 Å². The van der Waals surface area contributed by atoms with Gasteiger partial charge in [-0.2, -0.15) is 0 Å². The summed E-state index contributed by atoms with van der Waals surface area (Å²) in [7, 11) is 0. The summed E-state index contributed by atoms with van der Waals surface area (Å²) in [6.45, 7) is 3.24. The summed E-state index contributed by atoms with van der Waals surface area (Å²) in [6.07, 6.45) is 3.26. The molecule has 0 unspecified atom stereocenters. The number of benzene rings is 1. The van der Waals surface area contributed by atoms with E-state index in [1.165, 1.54) is 12.3 Å². The van der Waals surface area contributed by atoms with E-state index in [4.69, 9.17) is 5.73 Å². The minimum absolute atomic E-state index is 0.122. The smallest absolute Gasteiger partial charge is 0.341 e. The molecule has 7 heteroatoms. The largest absolute Gasteiger partial charge is 0.477 e. The number of rotatable bonds is 4. The van der Waals surface area contributed by atoms with Crippen LogP contribution in [0.25, 0.3) is 10.9 Å². The second-order valence-corrected chi connectivity index (χ2v) is 7.03. The van der Waals surface area contributed by atoms with Gasteiger partial charge >= 0.3 is 5.97 Å². The van der Waals surface area contributed by atoms with Gasteiger partial charge in [0.15, 0.2) is 0 Å². The molecule has 6 nitrogen and oxygen atoms in total. The van der Waals surface area contributed by atoms with Crippen LogP contribution in [-0.2, 0) is 0 Å². The van der Waals surface area contributed by atoms with E-state index in [0.717, 1.165) is 12.8 Å². The molecule has 2 aliphatic rings. The summed E-state index contributed by atoms with van der Waals surface area (Å²) in [6, 6.07) is 3.17. The van der Waals surface area contributed by atoms with E-state index in [9.17, 15) is 19.1 Å². The van der Waals surface area contributed by atoms with Crippen LogP contribution < -0.4 is 16.1 Å². The Bertz CT molecular complexity index is 935. The van der Waals surface area contributed by atoms with E-state index in [1.807, 2.05) is 16.4 Å². The van der Waals surface area contributed by atoms with Gasteiger partial charge in [-0.15, -0.1) is 0 Å². The van der Waals surface area contributed by atoms with Crippen LogP contribution in [-0.4, -0.2) is 34.8 Å². The number of fused-ring (bicyclic) bond motifs is 1. The van der Waals surface area contributed by atoms with Crippen molar-refractivity contribution in [1.82, 2.24) is 4.57 Å². The first kappa shape index (κ1) is 16.1. The maximum Gasteiger partial charge on any atom is 0.341 e. The van der Waals surface area contributed by atoms with Crippen molar-refractivity contribution in [2.45, 2.75) is 31.8 Å². The Labute approximate surface area is 143 Å². The van der Waals surface area contributed by atoms with Crippen LogP contribution >= 0.6 is 0 Å². The molecule has 1 aromatic carbocycles. The number of pyridine rings is 1. The van der Waals surface area contributed by atoms with E-state index >= 15 is 0 Å². The molecule has 1 saturated carbocycles. The van der Waals surface area contributed by atoms with E-state index in [1.54, 1.807) is 6.07 Å². The number of nitrogens with two attached hydrogens (primary N) is 1. The van der Waals surface area contributed by atoms with Crippen molar-refractivity contribution in [2.75, 3.05) is 18.0 Å². The second-order valence-electron chi connectivity index (χ2n) is 7.03. The zero-order valence-corrected chi connectivity index (χ0v) is 13.9. The third kappa shape index (κ3) is 2.41. The number of hydrogen-bond acceptors (Lipinski definition) is 4. The lowest BCUT2D eigenvalue weighted by atomic mass is 9.89. The fourth-order valence-corrected chi connectivity index (χ4v) is 3.66. The molecule has 2 heterocycles. The summed E-state index contributed by atoms with van der Waals surface area (Å²) in [5.41, 5.74) is 5.80. The van der Waals surface area contributed by atoms with E-state index < -0.39 is 17.2 Å². The molecule has 1 aliphatic heterocycles. The highest BCUT2D eigenvalue weighted by Gasteiger charge is 2.36. The number of carbonyl (C=O) groups is 1. The highest BCUT2D eigenvalue weighted by Crippen LogP contribution is 2.39. The molecule has 0 radical (unpaired) electrons. The summed E-state index contributed by atoms with van der Waals surface area (Å²) in [5.74, 6) is -1.46. The van der Waals surface area contributed by atoms with Gasteiger partial charge in [0.1, 0.15) is 11.4 Å². The monoisotopic (exact) mass is 345 g/mol. The second kappa shape index (κ2) is 5.56. The Balaban J connectivity index is 1.90. The van der Waals surface area contributed by atoms with Crippen molar-refractivity contribution in [1.29, 1.82) is 0 Å². The lowest BCUT2D eigenvalue weighted by Gasteiger charge is -2.47. The van der Waals surface area contributed by atoms with Crippen LogP contribution in [0.3, 0.4) is 0 Å². The van der Waals surface area contributed by atoms with Crippen molar-refractivity contribution in [3.8, 4) is 0 Å². The molecular weight excluding hydrogens is 325 g/mol. The molecule has 4 rings (SSSR count). The normalized spacial score (nSPS) is 22.9. The minimum atomic E-state index is -1.28. The van der Waals surface area contributed by atoms with Crippen LogP contribution in [0.1, 0.15) is 36.2 Å². The maximum absolute atomic E-state index is 14.7. The SMILES string of the molecule is C[C@H]1[C@H](CN)CN1c1cc2c(cc1F)c(=O)c(C(=O)O)cn2C1CC1. The number of carboxylic acids is 1. The van der Waals surface area contributed by atoms with Crippen LogP contribution in [0, 0.1) is 11.7 Å². The first-order valence-corrected chi connectivity index (χ1v) is 8.50. The third-order valence-electron chi connectivity index (χ3n) is 5.49. The summed E-state index contributed by atoms with van der Waals surface area (Å²) in [5, 5.41) is 9.40. The number of carboxylic acid groups (broad SMARTS) is 1. The van der Waals surface area contributed by atoms with Gasteiger partial charge in [0.05, 0.1) is 11.2 Å². The van der Waals surface area contributed by atoms with Crippen molar-refractivity contribution in [3.05, 3.63) is 39.9 Å². The molecule has 3 N–H and O–H groups in total. The lowest BCUT2D eigenvalue weighted by molar-refractivity contribution is 0.0695. The maximum atomic E-state index is 14.7. The molecule has 1 saturated heterocycles. The predicted molar refractivity (Wildman–Crippen MR) is 92.7 cm³/mol. The predicted octanol–water partition coefficient (Wildman–Crippen LogP) is 1.96. The average molecular weight is 345 g/mol. The summed E-state index contributed by atoms with van der Waals surface area (Å²) >= 11 is 0. The zero-order valence-electron chi connectivity index (χ0n) is 13.9. The van der Waals surface area contributed by atoms with Crippen LogP contribution in [0.15, 0.2) is 23.1 Å². The van der Waals surface area contributed by atoms with Gasteiger partial charge < -0.3 is 20.3 Å². The Morgan fingerprint density at radius 2 is 2.12 bits per heavy atom. The van der Waals surface area contributed by atoms with Gasteiger partial charge in [0.25, 0.3) is 0 Å². The summed E-state index contributed by atoms with van der Waals surface area (Å²) in [4.78, 5) is 25.8. The highest BCUT2D eigenvalue weighted by molar-refractivity contribution is 5.93. The number of nitrogens with zero attached hydrogens (tertiary/aromatic N) is 2. The van der Waals surface area contributed by atoms with Crippen molar-refractivity contribution >= 4 is 22.6 Å². The van der Waals surface area contributed by atoms with Gasteiger partial charge in [-0.3, -0.25) is 4.79 Å². The molecule has 2 atom stereocenters. The van der Waals surface area contributed by atoms with Crippen molar-refractivity contribution in [3.63, 3.8) is 0 Å². The van der Waals surface area contributed by atoms with Crippen molar-refractivity contribution in [2.24, 2.45) is 11.7 Å². The molecule has 2 aromatic rings. The van der Waals surface area contributed by atoms with E-state index in [0.29, 0.717) is 30.2 Å². The van der Waals surface area contributed by atoms with Gasteiger partial charge in [0, 0.05) is 36.1 Å². The molecule has 132 valence electrons. The molecule has 2 fully saturated rings. The standard InChI is InChI=1S/C18H20FN3O3/c1-9-10(6-20)7-21(9)16-5-15-12(4-14(16)19)17(23)13(18(24)25)8-22(15)11-2-3-11/h4-5,8-11H,2-3,6-7,20H2,1H3,(H,24,25)/t9-,10+/m0/s1. The fourth-order valence-electron chi connectivity index (χ4n) is 3.66. The number of hydrogen-bond donors (Lipinski definition) is 2. The summed E-state index contributed by atoms with van der Waals surface area (Å²) < 4.78 is 16.5. The first-order chi connectivity index (χ1) is 11.9. The fraction of sp³-hybridized carbons (Fsp3) is 0.444. The molecule has 25 heavy (non-hydrogen) atoms. The van der Waals surface area contributed by atoms with Gasteiger partial charge in [-0.1, -0.05) is 0 Å². The minimum Gasteiger partial charge on any atom is -0.477 e. The zero-order chi connectivity index (χ0) is 17.9. The van der Waals surface area contributed by atoms with Crippen LogP contribution in [0.4, 0.5) is 10.1 Å². The Morgan fingerprint density at radius 1 is 1.40 bits per heavy atom. The van der Waals surface area contributed by atoms with Gasteiger partial charge in [-0.05, 0) is 38.4 Å².